The first-order valence-corrected chi connectivity index (χ1v) is 12.1. The van der Waals surface area contributed by atoms with Gasteiger partial charge in [-0.3, -0.25) is 9.05 Å². The molecular weight excluding hydrogens is 455 g/mol. The molecule has 0 bridgehead atoms. The van der Waals surface area contributed by atoms with Crippen molar-refractivity contribution in [2.75, 3.05) is 27.4 Å². The van der Waals surface area contributed by atoms with E-state index in [0.29, 0.717) is 33.0 Å². The fraction of sp³-hybridized carbons (Fsp3) is 1.00. The van der Waals surface area contributed by atoms with Crippen molar-refractivity contribution >= 4 is 7.82 Å². The van der Waals surface area contributed by atoms with E-state index in [2.05, 4.69) is 13.8 Å². The van der Waals surface area contributed by atoms with Gasteiger partial charge in [0.05, 0.1) is 13.2 Å². The third-order valence-electron chi connectivity index (χ3n) is 3.50. The zero-order valence-electron chi connectivity index (χ0n) is 17.7. The van der Waals surface area contributed by atoms with Crippen LogP contribution in [0.1, 0.15) is 90.9 Å². The molecule has 0 aliphatic carbocycles. The summed E-state index contributed by atoms with van der Waals surface area (Å²) in [6.45, 7) is 5.01. The first-order valence-electron chi connectivity index (χ1n) is 9.80. The first-order chi connectivity index (χ1) is 13.1. The van der Waals surface area contributed by atoms with Gasteiger partial charge in [0.25, 0.3) is 0 Å². The van der Waals surface area contributed by atoms with Crippen molar-refractivity contribution in [3.63, 3.8) is 0 Å². The first kappa shape index (κ1) is 35.0. The Bertz CT molecular complexity index is 262. The van der Waals surface area contributed by atoms with Crippen LogP contribution >= 0.6 is 7.82 Å². The maximum atomic E-state index is 11.6. The van der Waals surface area contributed by atoms with Gasteiger partial charge in [-0.05, 0) is 12.8 Å². The molecular formula is C18H43MoO7P. The van der Waals surface area contributed by atoms with Crippen LogP contribution in [0.15, 0.2) is 0 Å². The third-order valence-corrected chi connectivity index (χ3v) is 4.52. The van der Waals surface area contributed by atoms with Crippen LogP contribution in [0.2, 0.25) is 0 Å². The van der Waals surface area contributed by atoms with Gasteiger partial charge in [0, 0.05) is 14.2 Å². The van der Waals surface area contributed by atoms with E-state index in [-0.39, 0.29) is 0 Å². The number of unbranched alkanes of at least 4 members (excludes halogenated alkanes) is 10. The number of phosphoric acid groups is 1. The maximum absolute atomic E-state index is 11.6. The van der Waals surface area contributed by atoms with Gasteiger partial charge in [-0.1, -0.05) is 78.1 Å². The van der Waals surface area contributed by atoms with Gasteiger partial charge < -0.3 is 15.1 Å². The molecule has 0 saturated carbocycles. The van der Waals surface area contributed by atoms with Crippen molar-refractivity contribution in [3.05, 3.63) is 0 Å². The number of hydrogen-bond donors (Lipinski definition) is 3. The minimum atomic E-state index is -3.82. The van der Waals surface area contributed by atoms with Crippen LogP contribution in [-0.4, -0.2) is 42.5 Å². The molecule has 0 rings (SSSR count). The Morgan fingerprint density at radius 1 is 0.630 bits per heavy atom. The van der Waals surface area contributed by atoms with Crippen LogP contribution < -0.4 is 0 Å². The molecule has 0 unspecified atom stereocenters. The summed E-state index contributed by atoms with van der Waals surface area (Å²) in [5.41, 5.74) is 0. The Morgan fingerprint density at radius 3 is 1.19 bits per heavy atom. The van der Waals surface area contributed by atoms with Gasteiger partial charge in [-0.25, -0.2) is 4.57 Å². The summed E-state index contributed by atoms with van der Waals surface area (Å²) in [6, 6.07) is 0. The summed E-state index contributed by atoms with van der Waals surface area (Å²) in [6.07, 6.45) is 13.6. The van der Waals surface area contributed by atoms with Crippen molar-refractivity contribution in [3.8, 4) is 0 Å². The van der Waals surface area contributed by atoms with Crippen LogP contribution in [0.25, 0.3) is 0 Å². The number of phosphoric ester groups is 1. The molecule has 0 fully saturated rings. The standard InChI is InChI=1S/C16H35O4P.2CH4O.Mo.O/c1-3-5-7-9-11-13-15-19-21(17,18)20-16-14-12-10-8-6-4-2;2*1-2;;/h3-16H2,1-2H3,(H,17,18);2*2H,1H3;;. The summed E-state index contributed by atoms with van der Waals surface area (Å²) in [5.74, 6) is 0. The van der Waals surface area contributed by atoms with E-state index in [1.165, 1.54) is 51.4 Å². The number of aliphatic hydroxyl groups excluding tert-OH is 2. The Morgan fingerprint density at radius 2 is 0.889 bits per heavy atom. The molecule has 7 nitrogen and oxygen atoms in total. The Labute approximate surface area is 178 Å². The second-order valence-electron chi connectivity index (χ2n) is 5.67. The second kappa shape index (κ2) is 34.1. The number of rotatable bonds is 16. The summed E-state index contributed by atoms with van der Waals surface area (Å²) in [7, 11) is -1.82. The molecule has 9 heteroatoms. The predicted molar refractivity (Wildman–Crippen MR) is 105 cm³/mol. The fourth-order valence-corrected chi connectivity index (χ4v) is 2.96. The molecule has 0 spiro atoms. The van der Waals surface area contributed by atoms with E-state index in [9.17, 15) is 9.46 Å². The van der Waals surface area contributed by atoms with Gasteiger partial charge in [0.1, 0.15) is 0 Å². The molecule has 0 aliphatic rings. The topological polar surface area (TPSA) is 113 Å². The molecule has 0 aromatic rings. The van der Waals surface area contributed by atoms with Crippen LogP contribution in [-0.2, 0) is 36.8 Å². The van der Waals surface area contributed by atoms with Crippen LogP contribution in [0.3, 0.4) is 0 Å². The summed E-state index contributed by atoms with van der Waals surface area (Å²) < 4.78 is 29.8. The zero-order chi connectivity index (χ0) is 21.8. The molecule has 0 aliphatic heterocycles. The van der Waals surface area contributed by atoms with Crippen molar-refractivity contribution in [2.24, 2.45) is 0 Å². The van der Waals surface area contributed by atoms with E-state index >= 15 is 0 Å². The van der Waals surface area contributed by atoms with E-state index < -0.39 is 7.82 Å². The average Bonchev–Trinajstić information content (AvgIpc) is 2.71. The van der Waals surface area contributed by atoms with Crippen molar-refractivity contribution in [1.29, 1.82) is 0 Å². The van der Waals surface area contributed by atoms with E-state index in [1.54, 1.807) is 0 Å². The number of aliphatic hydroxyl groups is 2. The van der Waals surface area contributed by atoms with Crippen LogP contribution in [0, 0.1) is 0 Å². The van der Waals surface area contributed by atoms with Crippen LogP contribution in [0.5, 0.6) is 0 Å². The molecule has 0 heterocycles. The summed E-state index contributed by atoms with van der Waals surface area (Å²) in [5, 5.41) is 14.0. The Balaban J connectivity index is -0.000000397. The predicted octanol–water partition coefficient (Wildman–Crippen LogP) is 4.94. The summed E-state index contributed by atoms with van der Waals surface area (Å²) >= 11 is 0.700. The van der Waals surface area contributed by atoms with Gasteiger partial charge >= 0.3 is 31.0 Å². The molecule has 168 valence electrons. The van der Waals surface area contributed by atoms with Gasteiger partial charge in [-0.2, -0.15) is 0 Å². The molecule has 0 aromatic heterocycles. The normalized spacial score (nSPS) is 9.89. The zero-order valence-corrected chi connectivity index (χ0v) is 20.6. The van der Waals surface area contributed by atoms with Crippen molar-refractivity contribution in [1.82, 2.24) is 0 Å². The Kier molecular flexibility index (Phi) is 44.1. The number of hydrogen-bond acceptors (Lipinski definition) is 6. The molecule has 0 saturated heterocycles. The van der Waals surface area contributed by atoms with Crippen LogP contribution in [0.4, 0.5) is 0 Å². The minimum absolute atomic E-state index is 0.316. The van der Waals surface area contributed by atoms with Gasteiger partial charge in [0.15, 0.2) is 0 Å². The molecule has 0 radical (unpaired) electrons. The second-order valence-corrected chi connectivity index (χ2v) is 7.12. The Hall–Kier alpha value is 0.518. The quantitative estimate of drug-likeness (QED) is 0.157. The fourth-order valence-electron chi connectivity index (χ4n) is 2.16. The SMILES string of the molecule is CCCCCCCCOP(=O)(O)OCCCCCCCC.CO.CO.[O]=[Mo]. The van der Waals surface area contributed by atoms with Crippen molar-refractivity contribution in [2.45, 2.75) is 90.9 Å². The third kappa shape index (κ3) is 37.9. The van der Waals surface area contributed by atoms with E-state index in [1.807, 2.05) is 0 Å². The van der Waals surface area contributed by atoms with Crippen molar-refractivity contribution < 1.29 is 51.9 Å². The van der Waals surface area contributed by atoms with Gasteiger partial charge in [0.2, 0.25) is 0 Å². The monoisotopic (exact) mass is 500 g/mol. The molecule has 0 atom stereocenters. The van der Waals surface area contributed by atoms with E-state index in [4.69, 9.17) is 22.7 Å². The molecule has 0 amide bonds. The van der Waals surface area contributed by atoms with E-state index in [0.717, 1.165) is 39.9 Å². The molecule has 3 N–H and O–H groups in total. The average molecular weight is 498 g/mol. The van der Waals surface area contributed by atoms with Gasteiger partial charge in [-0.15, -0.1) is 0 Å². The molecule has 27 heavy (non-hydrogen) atoms. The molecule has 0 aromatic carbocycles. The summed E-state index contributed by atoms with van der Waals surface area (Å²) in [4.78, 5) is 9.51.